The van der Waals surface area contributed by atoms with Gasteiger partial charge in [-0.15, -0.1) is 0 Å². The Hall–Kier alpha value is -9.32. The number of hydrogen-bond acceptors (Lipinski definition) is 2. The molecule has 0 radical (unpaired) electrons. The Kier molecular flexibility index (Phi) is 9.58. The Bertz CT molecular complexity index is 4100. The minimum atomic E-state index is 0.579. The van der Waals surface area contributed by atoms with Gasteiger partial charge in [0.15, 0.2) is 5.84 Å². The summed E-state index contributed by atoms with van der Waals surface area (Å²) < 4.78 is 11.9. The van der Waals surface area contributed by atoms with E-state index in [4.69, 9.17) is 14.4 Å². The number of fused-ring (bicyclic) bond motifs is 10. The first kappa shape index (κ1) is 40.0. The maximum atomic E-state index is 7.16. The molecule has 3 aromatic heterocycles. The Morgan fingerprint density at radius 1 is 0.435 bits per heavy atom. The van der Waals surface area contributed by atoms with Gasteiger partial charge in [-0.1, -0.05) is 183 Å². The third kappa shape index (κ3) is 6.79. The zero-order valence-corrected chi connectivity index (χ0v) is 37.5. The zero-order valence-electron chi connectivity index (χ0n) is 37.5. The summed E-state index contributed by atoms with van der Waals surface area (Å²) in [6, 6.07) is 83.0. The summed E-state index contributed by atoms with van der Waals surface area (Å²) in [5.74, 6) is 0.579. The van der Waals surface area contributed by atoms with Gasteiger partial charge >= 0.3 is 0 Å². The average molecular weight is 883 g/mol. The van der Waals surface area contributed by atoms with Crippen LogP contribution in [-0.2, 0) is 0 Å². The zero-order chi connectivity index (χ0) is 45.8. The molecule has 13 aromatic rings. The number of nitrogens with zero attached hydrogens (tertiary/aromatic N) is 4. The number of rotatable bonds is 8. The van der Waals surface area contributed by atoms with Gasteiger partial charge in [-0.3, -0.25) is 0 Å². The van der Waals surface area contributed by atoms with Crippen molar-refractivity contribution in [3.05, 3.63) is 260 Å². The Balaban J connectivity index is 1.07. The van der Waals surface area contributed by atoms with E-state index in [0.717, 1.165) is 99.6 Å². The predicted octanol–water partition coefficient (Wildman–Crippen LogP) is 16.7. The minimum absolute atomic E-state index is 0.579. The molecule has 0 N–H and O–H groups in total. The molecule has 0 aliphatic rings. The van der Waals surface area contributed by atoms with E-state index in [9.17, 15) is 0 Å². The first-order chi connectivity index (χ1) is 34.2. The van der Waals surface area contributed by atoms with Crippen molar-refractivity contribution in [3.63, 3.8) is 0 Å². The fourth-order valence-electron chi connectivity index (χ4n) is 10.2. The molecule has 0 saturated carbocycles. The summed E-state index contributed by atoms with van der Waals surface area (Å²) in [4.78, 5) is 10.2. The van der Waals surface area contributed by atoms with E-state index in [1.165, 1.54) is 16.3 Å². The van der Waals surface area contributed by atoms with Crippen LogP contribution < -0.4 is 0 Å². The van der Waals surface area contributed by atoms with Crippen LogP contribution in [0.4, 0.5) is 0 Å². The minimum Gasteiger partial charge on any atom is -0.455 e. The Morgan fingerprint density at radius 2 is 1.00 bits per heavy atom. The summed E-state index contributed by atoms with van der Waals surface area (Å²) in [5.41, 5.74) is 15.9. The molecule has 5 nitrogen and oxygen atoms in total. The number of aliphatic imine (C=N–C) groups is 2. The number of para-hydroxylation sites is 3. The number of amidine groups is 1. The molecule has 69 heavy (non-hydrogen) atoms. The van der Waals surface area contributed by atoms with Crippen molar-refractivity contribution < 1.29 is 4.42 Å². The van der Waals surface area contributed by atoms with Crippen molar-refractivity contribution in [3.8, 4) is 33.6 Å². The van der Waals surface area contributed by atoms with Crippen molar-refractivity contribution in [1.29, 1.82) is 0 Å². The van der Waals surface area contributed by atoms with E-state index >= 15 is 0 Å². The van der Waals surface area contributed by atoms with Gasteiger partial charge in [0.1, 0.15) is 11.2 Å². The first-order valence-corrected chi connectivity index (χ1v) is 23.2. The summed E-state index contributed by atoms with van der Waals surface area (Å²) >= 11 is 0. The van der Waals surface area contributed by atoms with Crippen LogP contribution in [-0.4, -0.2) is 21.2 Å². The fraction of sp³-hybridized carbons (Fsp3) is 0. The van der Waals surface area contributed by atoms with Gasteiger partial charge in [0.2, 0.25) is 0 Å². The van der Waals surface area contributed by atoms with E-state index in [1.807, 2.05) is 66.9 Å². The van der Waals surface area contributed by atoms with E-state index in [0.29, 0.717) is 11.5 Å². The largest absolute Gasteiger partial charge is 0.455 e. The third-order valence-corrected chi connectivity index (χ3v) is 13.3. The second-order valence-corrected chi connectivity index (χ2v) is 17.4. The van der Waals surface area contributed by atoms with Crippen molar-refractivity contribution >= 4 is 83.3 Å². The maximum Gasteiger partial charge on any atom is 0.159 e. The second kappa shape index (κ2) is 16.5. The molecule has 0 amide bonds. The lowest BCUT2D eigenvalue weighted by Gasteiger charge is -2.21. The van der Waals surface area contributed by atoms with Crippen LogP contribution in [0.25, 0.3) is 105 Å². The topological polar surface area (TPSA) is 47.7 Å². The van der Waals surface area contributed by atoms with Crippen LogP contribution in [0, 0.1) is 0 Å². The average Bonchev–Trinajstić information content (AvgIpc) is 4.07. The molecule has 0 bridgehead atoms. The molecule has 324 valence electrons. The number of hydrogen-bond donors (Lipinski definition) is 0. The molecular weight excluding hydrogens is 841 g/mol. The lowest BCUT2D eigenvalue weighted by atomic mass is 9.92. The molecule has 0 aliphatic carbocycles. The van der Waals surface area contributed by atoms with Gasteiger partial charge in [-0.05, 0) is 71.3 Å². The van der Waals surface area contributed by atoms with E-state index < -0.39 is 0 Å². The Labute approximate surface area is 398 Å². The molecule has 0 saturated heterocycles. The van der Waals surface area contributed by atoms with Gasteiger partial charge in [-0.2, -0.15) is 0 Å². The smallest absolute Gasteiger partial charge is 0.159 e. The number of aromatic nitrogens is 2. The van der Waals surface area contributed by atoms with Crippen LogP contribution in [0.5, 0.6) is 0 Å². The lowest BCUT2D eigenvalue weighted by molar-refractivity contribution is 0.673. The molecular formula is C64H42N4O. The molecule has 13 rings (SSSR count). The van der Waals surface area contributed by atoms with Crippen LogP contribution in [0.1, 0.15) is 16.7 Å². The van der Waals surface area contributed by atoms with Crippen molar-refractivity contribution in [2.75, 3.05) is 0 Å². The number of furan rings is 1. The maximum absolute atomic E-state index is 7.16. The highest BCUT2D eigenvalue weighted by atomic mass is 16.3. The molecule has 0 aliphatic heterocycles. The summed E-state index contributed by atoms with van der Waals surface area (Å²) in [7, 11) is 0. The van der Waals surface area contributed by atoms with Gasteiger partial charge in [0.25, 0.3) is 0 Å². The highest BCUT2D eigenvalue weighted by Gasteiger charge is 2.25. The molecule has 5 heteroatoms. The summed E-state index contributed by atoms with van der Waals surface area (Å²) in [6.07, 6.45) is 1.86. The van der Waals surface area contributed by atoms with Gasteiger partial charge in [0, 0.05) is 67.2 Å². The lowest BCUT2D eigenvalue weighted by Crippen LogP contribution is -2.03. The highest BCUT2D eigenvalue weighted by Crippen LogP contribution is 2.47. The van der Waals surface area contributed by atoms with Gasteiger partial charge in [0.05, 0.1) is 38.8 Å². The summed E-state index contributed by atoms with van der Waals surface area (Å²) in [6.45, 7) is 4.64. The van der Waals surface area contributed by atoms with Crippen molar-refractivity contribution in [1.82, 2.24) is 9.13 Å². The van der Waals surface area contributed by atoms with E-state index in [-0.39, 0.29) is 0 Å². The van der Waals surface area contributed by atoms with Gasteiger partial charge in [-0.25, -0.2) is 9.98 Å². The second-order valence-electron chi connectivity index (χ2n) is 17.4. The highest BCUT2D eigenvalue weighted by molar-refractivity contribution is 6.26. The van der Waals surface area contributed by atoms with Crippen LogP contribution in [0.15, 0.2) is 258 Å². The fourth-order valence-corrected chi connectivity index (χ4v) is 10.2. The molecule has 3 heterocycles. The Morgan fingerprint density at radius 3 is 1.67 bits per heavy atom. The molecule has 10 aromatic carbocycles. The molecule has 0 spiro atoms. The van der Waals surface area contributed by atoms with E-state index in [1.54, 1.807) is 0 Å². The number of benzene rings is 10. The van der Waals surface area contributed by atoms with E-state index in [2.05, 4.69) is 192 Å². The first-order valence-electron chi connectivity index (χ1n) is 23.2. The van der Waals surface area contributed by atoms with Crippen LogP contribution in [0.3, 0.4) is 0 Å². The quantitative estimate of drug-likeness (QED) is 0.111. The third-order valence-electron chi connectivity index (χ3n) is 13.3. The standard InChI is InChI=1S/C64H42N4O/c1-42(66-64(46-27-13-5-14-28-46)65-41-43-21-7-2-8-22-43)47-37-52(44-23-9-3-10-24-44)62(53(38-47)45-25-11-4-12-26-45)68-57-34-20-18-32-51(57)61-58(68)36-35-50-55-39-54-49-31-17-19-33-56(49)67(48-29-15-6-16-30-48)59(54)40-60(55)69-63(50)61/h2-41H,1H2/b65-41+,66-64-. The SMILES string of the molecule is C=C(/N=C(\N=C\c1ccccc1)c1ccccc1)c1cc(-c2ccccc2)c(-n2c3ccccc3c3c4oc5cc6c(cc5c4ccc32)c2ccccc2n6-c2ccccc2)c(-c2ccccc2)c1. The van der Waals surface area contributed by atoms with Gasteiger partial charge < -0.3 is 13.6 Å². The van der Waals surface area contributed by atoms with Crippen molar-refractivity contribution in [2.45, 2.75) is 0 Å². The van der Waals surface area contributed by atoms with Crippen LogP contribution >= 0.6 is 0 Å². The normalized spacial score (nSPS) is 12.1. The monoisotopic (exact) mass is 882 g/mol. The van der Waals surface area contributed by atoms with Crippen LogP contribution in [0.2, 0.25) is 0 Å². The molecule has 0 fully saturated rings. The summed E-state index contributed by atoms with van der Waals surface area (Å²) in [5, 5.41) is 6.75. The molecule has 0 atom stereocenters. The molecule has 0 unspecified atom stereocenters. The predicted molar refractivity (Wildman–Crippen MR) is 289 cm³/mol. The van der Waals surface area contributed by atoms with Crippen molar-refractivity contribution in [2.24, 2.45) is 9.98 Å².